The van der Waals surface area contributed by atoms with Crippen LogP contribution < -0.4 is 5.32 Å². The third-order valence-corrected chi connectivity index (χ3v) is 3.49. The predicted molar refractivity (Wildman–Crippen MR) is 69.2 cm³/mol. The number of alkyl halides is 3. The molecule has 1 N–H and O–H groups in total. The summed E-state index contributed by atoms with van der Waals surface area (Å²) in [7, 11) is 0. The summed E-state index contributed by atoms with van der Waals surface area (Å²) in [6, 6.07) is 2.84. The molecule has 0 amide bonds. The van der Waals surface area contributed by atoms with Crippen LogP contribution in [0.4, 0.5) is 19.1 Å². The molecule has 0 aliphatic rings. The van der Waals surface area contributed by atoms with E-state index in [9.17, 15) is 13.2 Å². The minimum atomic E-state index is -4.48. The number of nitrogens with one attached hydrogen (secondary N) is 1. The van der Waals surface area contributed by atoms with Crippen molar-refractivity contribution >= 4 is 17.3 Å². The minimum Gasteiger partial charge on any atom is -0.354 e. The molecule has 2 aromatic heterocycles. The maximum atomic E-state index is 12.8. The first-order valence-electron chi connectivity index (χ1n) is 5.66. The van der Waals surface area contributed by atoms with E-state index in [-0.39, 0.29) is 5.95 Å². The highest BCUT2D eigenvalue weighted by molar-refractivity contribution is 7.13. The van der Waals surface area contributed by atoms with Gasteiger partial charge in [0.1, 0.15) is 0 Å². The zero-order chi connectivity index (χ0) is 14.0. The molecule has 102 valence electrons. The standard InChI is InChI=1S/C12H12F3N3S/c1-3-16-11-17-8(10-7(2)4-5-19-10)6-9(18-11)12(13,14)15/h4-6H,3H2,1-2H3,(H,16,17,18). The molecule has 2 rings (SSSR count). The molecule has 0 atom stereocenters. The van der Waals surface area contributed by atoms with Gasteiger partial charge in [-0.2, -0.15) is 13.2 Å². The third-order valence-electron chi connectivity index (χ3n) is 2.45. The molecule has 0 saturated carbocycles. The molecule has 19 heavy (non-hydrogen) atoms. The summed E-state index contributed by atoms with van der Waals surface area (Å²) in [5, 5.41) is 4.55. The van der Waals surface area contributed by atoms with Crippen molar-refractivity contribution in [2.75, 3.05) is 11.9 Å². The van der Waals surface area contributed by atoms with Crippen LogP contribution in [0.3, 0.4) is 0 Å². The highest BCUT2D eigenvalue weighted by Gasteiger charge is 2.34. The second kappa shape index (κ2) is 5.16. The summed E-state index contributed by atoms with van der Waals surface area (Å²) in [4.78, 5) is 8.35. The van der Waals surface area contributed by atoms with Crippen LogP contribution in [-0.4, -0.2) is 16.5 Å². The Balaban J connectivity index is 2.55. The number of aryl methyl sites for hydroxylation is 1. The Bertz CT molecular complexity index is 578. The molecule has 0 spiro atoms. The molecular formula is C12H12F3N3S. The van der Waals surface area contributed by atoms with E-state index in [1.165, 1.54) is 11.3 Å². The smallest absolute Gasteiger partial charge is 0.354 e. The fourth-order valence-electron chi connectivity index (χ4n) is 1.58. The molecule has 2 aromatic rings. The van der Waals surface area contributed by atoms with Gasteiger partial charge in [-0.05, 0) is 36.9 Å². The molecule has 3 nitrogen and oxygen atoms in total. The topological polar surface area (TPSA) is 37.8 Å². The molecule has 7 heteroatoms. The Kier molecular flexibility index (Phi) is 3.75. The first-order chi connectivity index (χ1) is 8.91. The van der Waals surface area contributed by atoms with Gasteiger partial charge >= 0.3 is 6.18 Å². The molecule has 0 bridgehead atoms. The fraction of sp³-hybridized carbons (Fsp3) is 0.333. The normalized spacial score (nSPS) is 11.6. The van der Waals surface area contributed by atoms with Gasteiger partial charge in [-0.3, -0.25) is 0 Å². The van der Waals surface area contributed by atoms with E-state index in [2.05, 4.69) is 15.3 Å². The quantitative estimate of drug-likeness (QED) is 0.928. The van der Waals surface area contributed by atoms with Crippen molar-refractivity contribution in [1.82, 2.24) is 9.97 Å². The number of hydrogen-bond acceptors (Lipinski definition) is 4. The summed E-state index contributed by atoms with van der Waals surface area (Å²) in [5.41, 5.74) is 0.270. The van der Waals surface area contributed by atoms with E-state index < -0.39 is 11.9 Å². The predicted octanol–water partition coefficient (Wildman–Crippen LogP) is 3.96. The summed E-state index contributed by atoms with van der Waals surface area (Å²) in [6.45, 7) is 4.08. The van der Waals surface area contributed by atoms with Gasteiger partial charge in [0.05, 0.1) is 10.6 Å². The Morgan fingerprint density at radius 1 is 1.32 bits per heavy atom. The number of hydrogen-bond donors (Lipinski definition) is 1. The van der Waals surface area contributed by atoms with Crippen LogP contribution in [0.1, 0.15) is 18.2 Å². The van der Waals surface area contributed by atoms with Crippen LogP contribution in [0.2, 0.25) is 0 Å². The summed E-state index contributed by atoms with van der Waals surface area (Å²) in [5.74, 6) is 0.000116. The molecule has 0 aliphatic carbocycles. The lowest BCUT2D eigenvalue weighted by Crippen LogP contribution is -2.12. The van der Waals surface area contributed by atoms with Crippen LogP contribution in [0.5, 0.6) is 0 Å². The van der Waals surface area contributed by atoms with Crippen molar-refractivity contribution in [3.63, 3.8) is 0 Å². The van der Waals surface area contributed by atoms with Crippen LogP contribution in [0, 0.1) is 6.92 Å². The zero-order valence-corrected chi connectivity index (χ0v) is 11.2. The van der Waals surface area contributed by atoms with Gasteiger partial charge < -0.3 is 5.32 Å². The Morgan fingerprint density at radius 2 is 2.05 bits per heavy atom. The lowest BCUT2D eigenvalue weighted by Gasteiger charge is -2.10. The Labute approximate surface area is 112 Å². The number of aromatic nitrogens is 2. The van der Waals surface area contributed by atoms with Gasteiger partial charge in [0.15, 0.2) is 5.69 Å². The number of nitrogens with zero attached hydrogens (tertiary/aromatic N) is 2. The fourth-order valence-corrected chi connectivity index (χ4v) is 2.47. The minimum absolute atomic E-state index is 0.000116. The van der Waals surface area contributed by atoms with Crippen LogP contribution >= 0.6 is 11.3 Å². The average Bonchev–Trinajstić information content (AvgIpc) is 2.74. The van der Waals surface area contributed by atoms with E-state index in [4.69, 9.17) is 0 Å². The van der Waals surface area contributed by atoms with Crippen molar-refractivity contribution in [2.24, 2.45) is 0 Å². The van der Waals surface area contributed by atoms with Crippen molar-refractivity contribution in [3.8, 4) is 10.6 Å². The lowest BCUT2D eigenvalue weighted by molar-refractivity contribution is -0.141. The summed E-state index contributed by atoms with van der Waals surface area (Å²) in [6.07, 6.45) is -4.48. The van der Waals surface area contributed by atoms with Gasteiger partial charge in [0.2, 0.25) is 5.95 Å². The molecule has 0 saturated heterocycles. The maximum absolute atomic E-state index is 12.8. The second-order valence-electron chi connectivity index (χ2n) is 3.92. The van der Waals surface area contributed by atoms with E-state index in [0.29, 0.717) is 12.2 Å². The van der Waals surface area contributed by atoms with Gasteiger partial charge in [-0.1, -0.05) is 0 Å². The Hall–Kier alpha value is -1.63. The first kappa shape index (κ1) is 13.8. The number of rotatable bonds is 3. The highest BCUT2D eigenvalue weighted by atomic mass is 32.1. The summed E-state index contributed by atoms with van der Waals surface area (Å²) >= 11 is 1.36. The maximum Gasteiger partial charge on any atom is 0.433 e. The van der Waals surface area contributed by atoms with Gasteiger partial charge in [-0.15, -0.1) is 11.3 Å². The van der Waals surface area contributed by atoms with E-state index in [1.807, 2.05) is 18.4 Å². The first-order valence-corrected chi connectivity index (χ1v) is 6.54. The van der Waals surface area contributed by atoms with Gasteiger partial charge in [0, 0.05) is 6.54 Å². The molecule has 0 fully saturated rings. The van der Waals surface area contributed by atoms with Crippen LogP contribution in [0.15, 0.2) is 17.5 Å². The number of anilines is 1. The SMILES string of the molecule is CCNc1nc(-c2sccc2C)cc(C(F)(F)F)n1. The zero-order valence-electron chi connectivity index (χ0n) is 10.4. The molecule has 0 aliphatic heterocycles. The largest absolute Gasteiger partial charge is 0.433 e. The van der Waals surface area contributed by atoms with Crippen LogP contribution in [-0.2, 0) is 6.18 Å². The second-order valence-corrected chi connectivity index (χ2v) is 4.84. The van der Waals surface area contributed by atoms with Gasteiger partial charge in [-0.25, -0.2) is 9.97 Å². The van der Waals surface area contributed by atoms with E-state index in [0.717, 1.165) is 16.5 Å². The number of thiophene rings is 1. The molecular weight excluding hydrogens is 275 g/mol. The molecule has 2 heterocycles. The van der Waals surface area contributed by atoms with Crippen molar-refractivity contribution in [1.29, 1.82) is 0 Å². The van der Waals surface area contributed by atoms with Crippen molar-refractivity contribution < 1.29 is 13.2 Å². The van der Waals surface area contributed by atoms with Gasteiger partial charge in [0.25, 0.3) is 0 Å². The number of halogens is 3. The van der Waals surface area contributed by atoms with Crippen molar-refractivity contribution in [2.45, 2.75) is 20.0 Å². The van der Waals surface area contributed by atoms with Crippen LogP contribution in [0.25, 0.3) is 10.6 Å². The Morgan fingerprint density at radius 3 is 2.58 bits per heavy atom. The third kappa shape index (κ3) is 3.04. The van der Waals surface area contributed by atoms with E-state index in [1.54, 1.807) is 6.92 Å². The molecule has 0 unspecified atom stereocenters. The lowest BCUT2D eigenvalue weighted by atomic mass is 10.2. The summed E-state index contributed by atoms with van der Waals surface area (Å²) < 4.78 is 38.4. The molecule has 0 aromatic carbocycles. The molecule has 0 radical (unpaired) electrons. The van der Waals surface area contributed by atoms with Crippen molar-refractivity contribution in [3.05, 3.63) is 28.8 Å². The monoisotopic (exact) mass is 287 g/mol. The highest BCUT2D eigenvalue weighted by Crippen LogP contribution is 2.33. The average molecular weight is 287 g/mol. The van der Waals surface area contributed by atoms with E-state index >= 15 is 0 Å².